The lowest BCUT2D eigenvalue weighted by molar-refractivity contribution is -0.118. The van der Waals surface area contributed by atoms with Crippen molar-refractivity contribution in [2.24, 2.45) is 5.73 Å². The van der Waals surface area contributed by atoms with Gasteiger partial charge in [0.15, 0.2) is 0 Å². The Hall–Kier alpha value is -1.60. The van der Waals surface area contributed by atoms with E-state index in [1.807, 2.05) is 4.72 Å². The number of carbonyl (C=O) groups excluding carboxylic acids is 1. The normalized spacial score (nSPS) is 11.0. The van der Waals surface area contributed by atoms with Gasteiger partial charge in [0.25, 0.3) is 10.0 Å². The molecule has 0 bridgehead atoms. The second kappa shape index (κ2) is 4.28. The smallest absolute Gasteiger partial charge is 0.264 e. The van der Waals surface area contributed by atoms with Crippen LogP contribution in [0.3, 0.4) is 0 Å². The average Bonchev–Trinajstić information content (AvgIpc) is 2.17. The number of benzene rings is 1. The second-order valence-electron chi connectivity index (χ2n) is 2.80. The van der Waals surface area contributed by atoms with E-state index in [9.17, 15) is 13.2 Å². The molecule has 0 radical (unpaired) electrons. The summed E-state index contributed by atoms with van der Waals surface area (Å²) in [6.45, 7) is -0.381. The van der Waals surface area contributed by atoms with Crippen molar-refractivity contribution >= 4 is 21.6 Å². The van der Waals surface area contributed by atoms with Crippen LogP contribution < -0.4 is 16.2 Å². The Morgan fingerprint density at radius 3 is 2.27 bits per heavy atom. The summed E-state index contributed by atoms with van der Waals surface area (Å²) >= 11 is 0. The van der Waals surface area contributed by atoms with E-state index in [1.165, 1.54) is 24.3 Å². The van der Waals surface area contributed by atoms with Gasteiger partial charge in [0.1, 0.15) is 0 Å². The summed E-state index contributed by atoms with van der Waals surface area (Å²) in [4.78, 5) is 10.8. The number of sulfonamides is 1. The fourth-order valence-electron chi connectivity index (χ4n) is 0.897. The van der Waals surface area contributed by atoms with Gasteiger partial charge in [-0.3, -0.25) is 4.79 Å². The highest BCUT2D eigenvalue weighted by atomic mass is 32.2. The van der Waals surface area contributed by atoms with E-state index in [2.05, 4.69) is 0 Å². The minimum absolute atomic E-state index is 0.0292. The molecule has 1 amide bonds. The Morgan fingerprint density at radius 2 is 1.80 bits per heavy atom. The third-order valence-electron chi connectivity index (χ3n) is 1.62. The van der Waals surface area contributed by atoms with Crippen LogP contribution in [-0.4, -0.2) is 20.9 Å². The van der Waals surface area contributed by atoms with Gasteiger partial charge >= 0.3 is 0 Å². The van der Waals surface area contributed by atoms with Crippen molar-refractivity contribution in [2.45, 2.75) is 4.90 Å². The fourth-order valence-corrected chi connectivity index (χ4v) is 1.89. The minimum Gasteiger partial charge on any atom is -0.399 e. The van der Waals surface area contributed by atoms with E-state index >= 15 is 0 Å². The highest BCUT2D eigenvalue weighted by Gasteiger charge is 2.15. The number of rotatable bonds is 3. The summed E-state index contributed by atoms with van der Waals surface area (Å²) < 4.78 is 24.8. The molecule has 0 atom stereocenters. The Balaban J connectivity index is 2.96. The number of nitrogen functional groups attached to an aromatic ring is 1. The van der Waals surface area contributed by atoms with E-state index in [-0.39, 0.29) is 11.4 Å². The Labute approximate surface area is 87.3 Å². The first-order valence-corrected chi connectivity index (χ1v) is 5.55. The lowest BCUT2D eigenvalue weighted by Crippen LogP contribution is -2.35. The van der Waals surface area contributed by atoms with Crippen molar-refractivity contribution in [1.29, 1.82) is 0 Å². The lowest BCUT2D eigenvalue weighted by atomic mass is 10.3. The number of amides is 1. The summed E-state index contributed by atoms with van der Waals surface area (Å²) in [6.07, 6.45) is 0. The summed E-state index contributed by atoms with van der Waals surface area (Å²) in [5.41, 5.74) is 10.8. The second-order valence-corrected chi connectivity index (χ2v) is 4.48. The number of anilines is 1. The molecule has 1 rings (SSSR count). The van der Waals surface area contributed by atoms with Crippen LogP contribution in [0.5, 0.6) is 0 Å². The zero-order chi connectivity index (χ0) is 11.5. The molecule has 6 nitrogen and oxygen atoms in total. The van der Waals surface area contributed by atoms with Gasteiger partial charge in [-0.15, -0.1) is 0 Å². The highest BCUT2D eigenvalue weighted by Crippen LogP contribution is 2.10. The van der Waals surface area contributed by atoms with Gasteiger partial charge in [0.05, 0.1) is 11.4 Å². The van der Waals surface area contributed by atoms with Crippen LogP contribution in [-0.2, 0) is 14.8 Å². The minimum atomic E-state index is -3.82. The molecule has 0 aromatic heterocycles. The fraction of sp³-hybridized carbons (Fsp3) is 0.125. The molecular weight excluding hydrogens is 218 g/mol. The molecule has 1 aromatic rings. The van der Waals surface area contributed by atoms with E-state index in [1.54, 1.807) is 0 Å². The summed E-state index contributed by atoms with van der Waals surface area (Å²) in [5, 5.41) is 0. The topological polar surface area (TPSA) is 115 Å². The molecule has 0 fully saturated rings. The summed E-state index contributed by atoms with van der Waals surface area (Å²) in [7, 11) is -3.82. The summed E-state index contributed by atoms with van der Waals surface area (Å²) in [5.74, 6) is -0.758. The maximum absolute atomic E-state index is 11.5. The first-order valence-electron chi connectivity index (χ1n) is 4.07. The van der Waals surface area contributed by atoms with Crippen LogP contribution in [0, 0.1) is 0 Å². The van der Waals surface area contributed by atoms with Gasteiger partial charge in [-0.1, -0.05) is 0 Å². The number of hydrogen-bond acceptors (Lipinski definition) is 5. The molecular formula is C8H11N3O3S. The van der Waals surface area contributed by atoms with Gasteiger partial charge in [-0.05, 0) is 24.3 Å². The van der Waals surface area contributed by atoms with Crippen LogP contribution >= 0.6 is 0 Å². The van der Waals surface area contributed by atoms with Gasteiger partial charge in [-0.25, -0.2) is 13.1 Å². The SMILES string of the molecule is NCC(=O)NS(=O)(=O)c1ccc(N)cc1. The summed E-state index contributed by atoms with van der Waals surface area (Å²) in [6, 6.07) is 5.48. The molecule has 0 aliphatic carbocycles. The predicted molar refractivity (Wildman–Crippen MR) is 55.2 cm³/mol. The number of nitrogens with two attached hydrogens (primary N) is 2. The Kier molecular flexibility index (Phi) is 3.28. The number of nitrogens with one attached hydrogen (secondary N) is 1. The zero-order valence-corrected chi connectivity index (χ0v) is 8.62. The van der Waals surface area contributed by atoms with Gasteiger partial charge in [-0.2, -0.15) is 0 Å². The van der Waals surface area contributed by atoms with Crippen molar-refractivity contribution in [3.05, 3.63) is 24.3 Å². The molecule has 0 aliphatic heterocycles. The average molecular weight is 229 g/mol. The molecule has 0 heterocycles. The molecule has 82 valence electrons. The maximum atomic E-state index is 11.5. The predicted octanol–water partition coefficient (Wildman–Crippen LogP) is -0.968. The van der Waals surface area contributed by atoms with Crippen molar-refractivity contribution in [3.63, 3.8) is 0 Å². The van der Waals surface area contributed by atoms with Gasteiger partial charge in [0.2, 0.25) is 5.91 Å². The molecule has 0 saturated carbocycles. The van der Waals surface area contributed by atoms with Crippen LogP contribution in [0.1, 0.15) is 0 Å². The zero-order valence-electron chi connectivity index (χ0n) is 7.80. The largest absolute Gasteiger partial charge is 0.399 e. The lowest BCUT2D eigenvalue weighted by Gasteiger charge is -2.05. The van der Waals surface area contributed by atoms with Crippen molar-refractivity contribution in [3.8, 4) is 0 Å². The number of carbonyl (C=O) groups is 1. The Morgan fingerprint density at radius 1 is 1.27 bits per heavy atom. The van der Waals surface area contributed by atoms with Gasteiger partial charge < -0.3 is 11.5 Å². The van der Waals surface area contributed by atoms with Crippen LogP contribution in [0.4, 0.5) is 5.69 Å². The molecule has 0 aliphatic rings. The van der Waals surface area contributed by atoms with Crippen molar-refractivity contribution < 1.29 is 13.2 Å². The van der Waals surface area contributed by atoms with E-state index in [0.29, 0.717) is 5.69 Å². The Bertz CT molecular complexity index is 453. The van der Waals surface area contributed by atoms with Crippen molar-refractivity contribution in [1.82, 2.24) is 4.72 Å². The highest BCUT2D eigenvalue weighted by molar-refractivity contribution is 7.90. The molecule has 5 N–H and O–H groups in total. The molecule has 0 saturated heterocycles. The molecule has 7 heteroatoms. The van der Waals surface area contributed by atoms with Gasteiger partial charge in [0, 0.05) is 5.69 Å². The molecule has 15 heavy (non-hydrogen) atoms. The standard InChI is InChI=1S/C8H11N3O3S/c9-5-8(12)11-15(13,14)7-3-1-6(10)2-4-7/h1-4H,5,9-10H2,(H,11,12). The van der Waals surface area contributed by atoms with Crippen LogP contribution in [0.25, 0.3) is 0 Å². The molecule has 0 unspecified atom stereocenters. The maximum Gasteiger partial charge on any atom is 0.264 e. The van der Waals surface area contributed by atoms with Crippen molar-refractivity contribution in [2.75, 3.05) is 12.3 Å². The first kappa shape index (κ1) is 11.5. The van der Waals surface area contributed by atoms with Crippen LogP contribution in [0.2, 0.25) is 0 Å². The first-order chi connectivity index (χ1) is 6.95. The van der Waals surface area contributed by atoms with E-state index < -0.39 is 15.9 Å². The third-order valence-corrected chi connectivity index (χ3v) is 3.01. The van der Waals surface area contributed by atoms with E-state index in [4.69, 9.17) is 11.5 Å². The van der Waals surface area contributed by atoms with E-state index in [0.717, 1.165) is 0 Å². The quantitative estimate of drug-likeness (QED) is 0.577. The third kappa shape index (κ3) is 2.93. The molecule has 1 aromatic carbocycles. The monoisotopic (exact) mass is 229 g/mol. The van der Waals surface area contributed by atoms with Crippen LogP contribution in [0.15, 0.2) is 29.2 Å². The number of hydrogen-bond donors (Lipinski definition) is 3. The molecule has 0 spiro atoms.